The van der Waals surface area contributed by atoms with Gasteiger partial charge in [0.15, 0.2) is 0 Å². The number of benzene rings is 1. The molecule has 1 aromatic carbocycles. The summed E-state index contributed by atoms with van der Waals surface area (Å²) in [5.41, 5.74) is 3.92. The minimum absolute atomic E-state index is 0.183. The number of carboxylic acid groups (broad SMARTS) is 1. The number of hydrogen-bond acceptors (Lipinski definition) is 6. The van der Waals surface area contributed by atoms with Crippen LogP contribution in [0.1, 0.15) is 42.1 Å². The number of carboxylic acids is 1. The third-order valence-corrected chi connectivity index (χ3v) is 4.64. The van der Waals surface area contributed by atoms with Gasteiger partial charge in [-0.05, 0) is 39.0 Å². The van der Waals surface area contributed by atoms with E-state index < -0.39 is 11.9 Å². The Morgan fingerprint density at radius 3 is 2.71 bits per heavy atom. The number of rotatable bonds is 5. The molecule has 0 amide bonds. The molecule has 0 bridgehead atoms. The third kappa shape index (κ3) is 3.25. The Morgan fingerprint density at radius 2 is 2.11 bits per heavy atom. The van der Waals surface area contributed by atoms with Crippen LogP contribution in [0.5, 0.6) is 11.6 Å². The molecule has 1 aromatic heterocycles. The molecule has 3 rings (SSSR count). The summed E-state index contributed by atoms with van der Waals surface area (Å²) in [4.78, 5) is 16.7. The van der Waals surface area contributed by atoms with Gasteiger partial charge in [-0.15, -0.1) is 0 Å². The van der Waals surface area contributed by atoms with E-state index in [2.05, 4.69) is 16.4 Å². The van der Waals surface area contributed by atoms with Crippen molar-refractivity contribution < 1.29 is 19.4 Å². The van der Waals surface area contributed by atoms with Crippen molar-refractivity contribution >= 4 is 11.7 Å². The van der Waals surface area contributed by atoms with Crippen LogP contribution in [0, 0.1) is 18.3 Å². The molecule has 1 aliphatic rings. The molecule has 28 heavy (non-hydrogen) atoms. The molecule has 2 aromatic rings. The fourth-order valence-corrected chi connectivity index (χ4v) is 3.53. The zero-order valence-electron chi connectivity index (χ0n) is 16.2. The molecule has 0 saturated carbocycles. The van der Waals surface area contributed by atoms with Gasteiger partial charge < -0.3 is 19.9 Å². The molecule has 144 valence electrons. The number of aryl methyl sites for hydroxylation is 1. The van der Waals surface area contributed by atoms with E-state index in [1.807, 2.05) is 19.9 Å². The number of ether oxygens (including phenoxy) is 2. The number of carbonyl (C=O) groups is 1. The molecule has 1 aliphatic heterocycles. The summed E-state index contributed by atoms with van der Waals surface area (Å²) in [6.07, 6.45) is 0. The number of aliphatic carboxylic acids is 1. The number of methoxy groups -OCH3 is 1. The van der Waals surface area contributed by atoms with Gasteiger partial charge >= 0.3 is 5.97 Å². The van der Waals surface area contributed by atoms with E-state index in [-0.39, 0.29) is 5.57 Å². The fourth-order valence-electron chi connectivity index (χ4n) is 3.53. The van der Waals surface area contributed by atoms with E-state index in [1.165, 1.54) is 7.11 Å². The highest BCUT2D eigenvalue weighted by Gasteiger charge is 2.37. The van der Waals surface area contributed by atoms with Crippen LogP contribution < -0.4 is 14.8 Å². The number of pyridine rings is 1. The van der Waals surface area contributed by atoms with Crippen LogP contribution in [0.3, 0.4) is 0 Å². The average molecular weight is 379 g/mol. The number of fused-ring (bicyclic) bond motifs is 1. The Labute approximate surface area is 163 Å². The zero-order valence-corrected chi connectivity index (χ0v) is 16.2. The van der Waals surface area contributed by atoms with Gasteiger partial charge in [0.25, 0.3) is 0 Å². The molecule has 2 N–H and O–H groups in total. The van der Waals surface area contributed by atoms with Crippen LogP contribution in [0.2, 0.25) is 0 Å². The Balaban J connectivity index is 2.35. The van der Waals surface area contributed by atoms with Gasteiger partial charge in [0.05, 0.1) is 42.4 Å². The lowest BCUT2D eigenvalue weighted by molar-refractivity contribution is -0.132. The maximum Gasteiger partial charge on any atom is 0.334 e. The smallest absolute Gasteiger partial charge is 0.334 e. The Morgan fingerprint density at radius 1 is 1.36 bits per heavy atom. The van der Waals surface area contributed by atoms with Gasteiger partial charge in [-0.3, -0.25) is 0 Å². The molecule has 0 spiro atoms. The van der Waals surface area contributed by atoms with Gasteiger partial charge in [0, 0.05) is 22.6 Å². The van der Waals surface area contributed by atoms with E-state index in [0.717, 1.165) is 11.4 Å². The predicted molar refractivity (Wildman–Crippen MR) is 104 cm³/mol. The van der Waals surface area contributed by atoms with E-state index in [0.29, 0.717) is 40.6 Å². The Hall–Kier alpha value is -3.53. The maximum atomic E-state index is 12.2. The lowest BCUT2D eigenvalue weighted by atomic mass is 9.80. The average Bonchev–Trinajstić information content (AvgIpc) is 2.66. The molecule has 7 nitrogen and oxygen atoms in total. The van der Waals surface area contributed by atoms with Crippen molar-refractivity contribution in [3.05, 3.63) is 57.9 Å². The zero-order chi connectivity index (χ0) is 20.4. The van der Waals surface area contributed by atoms with Crippen LogP contribution >= 0.6 is 0 Å². The highest BCUT2D eigenvalue weighted by atomic mass is 16.5. The van der Waals surface area contributed by atoms with E-state index >= 15 is 0 Å². The second-order valence-electron chi connectivity index (χ2n) is 6.43. The van der Waals surface area contributed by atoms with Gasteiger partial charge in [0.1, 0.15) is 5.75 Å². The molecule has 0 radical (unpaired) electrons. The van der Waals surface area contributed by atoms with Gasteiger partial charge in [-0.25, -0.2) is 9.78 Å². The van der Waals surface area contributed by atoms with Crippen molar-refractivity contribution in [1.82, 2.24) is 4.98 Å². The first kappa shape index (κ1) is 19.2. The second-order valence-corrected chi connectivity index (χ2v) is 6.43. The normalized spacial score (nSPS) is 15.3. The summed E-state index contributed by atoms with van der Waals surface area (Å²) >= 11 is 0. The number of anilines is 1. The number of hydrogen-bond donors (Lipinski definition) is 2. The van der Waals surface area contributed by atoms with Crippen molar-refractivity contribution in [1.29, 1.82) is 5.26 Å². The van der Waals surface area contributed by atoms with Crippen LogP contribution in [0.25, 0.3) is 0 Å². The molecule has 0 fully saturated rings. The van der Waals surface area contributed by atoms with E-state index in [4.69, 9.17) is 9.47 Å². The highest BCUT2D eigenvalue weighted by Crippen LogP contribution is 2.48. The molecule has 1 unspecified atom stereocenters. The first-order valence-corrected chi connectivity index (χ1v) is 8.84. The van der Waals surface area contributed by atoms with Crippen molar-refractivity contribution in [2.75, 3.05) is 19.0 Å². The SMILES string of the molecule is CCOc1nc(C)cc2c1C(c1ccc(C#N)cc1OC)C(C(=O)O)=C(C)N2. The monoisotopic (exact) mass is 379 g/mol. The van der Waals surface area contributed by atoms with Gasteiger partial charge in [-0.2, -0.15) is 5.26 Å². The lowest BCUT2D eigenvalue weighted by Gasteiger charge is -2.31. The van der Waals surface area contributed by atoms with Crippen LogP contribution in [0.4, 0.5) is 5.69 Å². The number of nitrogens with zero attached hydrogens (tertiary/aromatic N) is 2. The van der Waals surface area contributed by atoms with Gasteiger partial charge in [0.2, 0.25) is 5.88 Å². The summed E-state index contributed by atoms with van der Waals surface area (Å²) in [6.45, 7) is 5.83. The quantitative estimate of drug-likeness (QED) is 0.818. The van der Waals surface area contributed by atoms with Crippen LogP contribution in [-0.2, 0) is 4.79 Å². The summed E-state index contributed by atoms with van der Waals surface area (Å²) in [6, 6.07) is 8.92. The van der Waals surface area contributed by atoms with Crippen molar-refractivity contribution in [3.8, 4) is 17.7 Å². The first-order valence-electron chi connectivity index (χ1n) is 8.84. The fraction of sp³-hybridized carbons (Fsp3) is 0.286. The summed E-state index contributed by atoms with van der Waals surface area (Å²) in [7, 11) is 1.50. The van der Waals surface area contributed by atoms with Gasteiger partial charge in [-0.1, -0.05) is 6.07 Å². The molecular formula is C21H21N3O4. The Bertz CT molecular complexity index is 1020. The van der Waals surface area contributed by atoms with Crippen molar-refractivity contribution in [2.24, 2.45) is 0 Å². The highest BCUT2D eigenvalue weighted by molar-refractivity contribution is 5.94. The maximum absolute atomic E-state index is 12.2. The van der Waals surface area contributed by atoms with E-state index in [9.17, 15) is 15.2 Å². The molecule has 2 heterocycles. The van der Waals surface area contributed by atoms with Crippen molar-refractivity contribution in [3.63, 3.8) is 0 Å². The largest absolute Gasteiger partial charge is 0.496 e. The minimum atomic E-state index is -1.05. The number of nitrogens with one attached hydrogen (secondary N) is 1. The molecule has 0 saturated heterocycles. The number of nitriles is 1. The molecule has 1 atom stereocenters. The van der Waals surface area contributed by atoms with Crippen LogP contribution in [0.15, 0.2) is 35.5 Å². The topological polar surface area (TPSA) is 104 Å². The van der Waals surface area contributed by atoms with Crippen molar-refractivity contribution in [2.45, 2.75) is 26.7 Å². The summed E-state index contributed by atoms with van der Waals surface area (Å²) in [5.74, 6) is -0.889. The minimum Gasteiger partial charge on any atom is -0.496 e. The number of allylic oxidation sites excluding steroid dienone is 1. The third-order valence-electron chi connectivity index (χ3n) is 4.64. The number of aromatic nitrogens is 1. The van der Waals surface area contributed by atoms with E-state index in [1.54, 1.807) is 25.1 Å². The standard InChI is InChI=1S/C21H21N3O4/c1-5-28-20-19-15(8-11(2)23-20)24-12(3)17(21(25)26)18(19)14-7-6-13(10-22)9-16(14)27-4/h6-9,18,24H,5H2,1-4H3,(H,25,26). The first-order chi connectivity index (χ1) is 13.4. The molecule has 0 aliphatic carbocycles. The molecular weight excluding hydrogens is 358 g/mol. The lowest BCUT2D eigenvalue weighted by Crippen LogP contribution is -2.24. The molecule has 7 heteroatoms. The predicted octanol–water partition coefficient (Wildman–Crippen LogP) is 3.59. The van der Waals surface area contributed by atoms with Crippen LogP contribution in [-0.4, -0.2) is 29.8 Å². The summed E-state index contributed by atoms with van der Waals surface area (Å²) in [5, 5.41) is 22.3. The second kappa shape index (κ2) is 7.61. The summed E-state index contributed by atoms with van der Waals surface area (Å²) < 4.78 is 11.3. The Kier molecular flexibility index (Phi) is 5.23.